The molecule has 0 bridgehead atoms. The Balaban J connectivity index is 1.72. The molecule has 3 amide bonds. The van der Waals surface area contributed by atoms with Crippen LogP contribution in [-0.2, 0) is 16.0 Å². The highest BCUT2D eigenvalue weighted by molar-refractivity contribution is 6.30. The van der Waals surface area contributed by atoms with Gasteiger partial charge in [-0.1, -0.05) is 23.7 Å². The summed E-state index contributed by atoms with van der Waals surface area (Å²) in [6, 6.07) is 9.75. The Labute approximate surface area is 212 Å². The number of benzene rings is 1. The Morgan fingerprint density at radius 1 is 1.17 bits per heavy atom. The van der Waals surface area contributed by atoms with Crippen LogP contribution in [0.3, 0.4) is 0 Å². The van der Waals surface area contributed by atoms with Gasteiger partial charge in [0, 0.05) is 43.5 Å². The standard InChI is InChI=1S/C26H35ClN4O4/c1-18(2)31(26(34)23-6-5-15-35-23)21-11-14-30(17-21)25(33)22(28-24(32)12-13-29(3)4)16-19-7-9-20(27)10-8-19/h5-10,15,18,21-22H,11-14,16-17H2,1-4H3,(H,28,32)/t21-,22+/m0/s1. The lowest BCUT2D eigenvalue weighted by atomic mass is 10.0. The van der Waals surface area contributed by atoms with E-state index in [0.717, 1.165) is 5.56 Å². The molecule has 0 radical (unpaired) electrons. The molecule has 0 unspecified atom stereocenters. The third-order valence-electron chi connectivity index (χ3n) is 6.16. The highest BCUT2D eigenvalue weighted by Crippen LogP contribution is 2.22. The zero-order valence-corrected chi connectivity index (χ0v) is 21.6. The summed E-state index contributed by atoms with van der Waals surface area (Å²) in [5.74, 6) is -0.204. The summed E-state index contributed by atoms with van der Waals surface area (Å²) in [5.41, 5.74) is 0.910. The van der Waals surface area contributed by atoms with Crippen molar-refractivity contribution in [3.63, 3.8) is 0 Å². The lowest BCUT2D eigenvalue weighted by molar-refractivity contribution is -0.135. The second-order valence-electron chi connectivity index (χ2n) is 9.51. The fourth-order valence-electron chi connectivity index (χ4n) is 4.39. The van der Waals surface area contributed by atoms with Gasteiger partial charge in [-0.3, -0.25) is 14.4 Å². The molecule has 9 heteroatoms. The van der Waals surface area contributed by atoms with Crippen molar-refractivity contribution in [2.75, 3.05) is 33.7 Å². The zero-order chi connectivity index (χ0) is 25.5. The van der Waals surface area contributed by atoms with Crippen molar-refractivity contribution in [2.24, 2.45) is 0 Å². The second-order valence-corrected chi connectivity index (χ2v) is 9.95. The third kappa shape index (κ3) is 7.32. The van der Waals surface area contributed by atoms with Crippen LogP contribution in [0.15, 0.2) is 47.1 Å². The molecule has 2 aromatic rings. The number of amides is 3. The van der Waals surface area contributed by atoms with Crippen molar-refractivity contribution in [3.8, 4) is 0 Å². The minimum atomic E-state index is -0.696. The van der Waals surface area contributed by atoms with Crippen molar-refractivity contribution < 1.29 is 18.8 Å². The van der Waals surface area contributed by atoms with Crippen LogP contribution in [0.4, 0.5) is 0 Å². The van der Waals surface area contributed by atoms with Crippen LogP contribution in [0.5, 0.6) is 0 Å². The Morgan fingerprint density at radius 2 is 1.89 bits per heavy atom. The second kappa shape index (κ2) is 12.2. The maximum Gasteiger partial charge on any atom is 0.290 e. The molecule has 8 nitrogen and oxygen atoms in total. The van der Waals surface area contributed by atoms with E-state index in [1.54, 1.807) is 34.1 Å². The van der Waals surface area contributed by atoms with Gasteiger partial charge in [-0.05, 0) is 64.2 Å². The van der Waals surface area contributed by atoms with Crippen LogP contribution >= 0.6 is 11.6 Å². The lowest BCUT2D eigenvalue weighted by Gasteiger charge is -2.32. The highest BCUT2D eigenvalue weighted by atomic mass is 35.5. The van der Waals surface area contributed by atoms with E-state index in [1.165, 1.54) is 6.26 Å². The first-order valence-electron chi connectivity index (χ1n) is 12.0. The Morgan fingerprint density at radius 3 is 2.49 bits per heavy atom. The molecule has 0 aliphatic carbocycles. The fourth-order valence-corrected chi connectivity index (χ4v) is 4.51. The molecule has 190 valence electrons. The summed E-state index contributed by atoms with van der Waals surface area (Å²) >= 11 is 6.01. The maximum atomic E-state index is 13.6. The van der Waals surface area contributed by atoms with Gasteiger partial charge < -0.3 is 24.4 Å². The number of carbonyl (C=O) groups is 3. The fraction of sp³-hybridized carbons (Fsp3) is 0.500. The van der Waals surface area contributed by atoms with Crippen LogP contribution in [0.2, 0.25) is 5.02 Å². The topological polar surface area (TPSA) is 86.1 Å². The van der Waals surface area contributed by atoms with Crippen molar-refractivity contribution in [2.45, 2.75) is 51.2 Å². The van der Waals surface area contributed by atoms with Gasteiger partial charge in [-0.2, -0.15) is 0 Å². The van der Waals surface area contributed by atoms with Crippen molar-refractivity contribution in [1.29, 1.82) is 0 Å². The van der Waals surface area contributed by atoms with Gasteiger partial charge in [-0.25, -0.2) is 0 Å². The van der Waals surface area contributed by atoms with Crippen molar-refractivity contribution in [3.05, 3.63) is 59.0 Å². The van der Waals surface area contributed by atoms with Crippen LogP contribution in [0, 0.1) is 0 Å². The predicted molar refractivity (Wildman–Crippen MR) is 135 cm³/mol. The van der Waals surface area contributed by atoms with E-state index in [-0.39, 0.29) is 35.6 Å². The summed E-state index contributed by atoms with van der Waals surface area (Å²) < 4.78 is 5.32. The Kier molecular flexibility index (Phi) is 9.34. The highest BCUT2D eigenvalue weighted by Gasteiger charge is 2.37. The minimum absolute atomic E-state index is 0.0525. The van der Waals surface area contributed by atoms with E-state index in [9.17, 15) is 14.4 Å². The summed E-state index contributed by atoms with van der Waals surface area (Å²) in [6.45, 7) is 5.44. The smallest absolute Gasteiger partial charge is 0.290 e. The zero-order valence-electron chi connectivity index (χ0n) is 20.9. The molecule has 1 fully saturated rings. The van der Waals surface area contributed by atoms with Gasteiger partial charge in [0.15, 0.2) is 5.76 Å². The van der Waals surface area contributed by atoms with Gasteiger partial charge in [-0.15, -0.1) is 0 Å². The van der Waals surface area contributed by atoms with Gasteiger partial charge in [0.1, 0.15) is 6.04 Å². The summed E-state index contributed by atoms with van der Waals surface area (Å²) in [4.78, 5) is 44.7. The lowest BCUT2D eigenvalue weighted by Crippen LogP contribution is -2.51. The normalized spacial score (nSPS) is 16.5. The first-order chi connectivity index (χ1) is 16.7. The van der Waals surface area contributed by atoms with E-state index in [2.05, 4.69) is 5.32 Å². The molecule has 1 saturated heterocycles. The number of nitrogens with one attached hydrogen (secondary N) is 1. The molecular weight excluding hydrogens is 468 g/mol. The van der Waals surface area contributed by atoms with Gasteiger partial charge in [0.05, 0.1) is 12.3 Å². The SMILES string of the molecule is CC(C)N(C(=O)c1ccco1)[C@H]1CCN(C(=O)[C@@H](Cc2ccc(Cl)cc2)NC(=O)CCN(C)C)C1. The molecule has 1 aliphatic rings. The molecular formula is C26H35ClN4O4. The quantitative estimate of drug-likeness (QED) is 0.539. The average Bonchev–Trinajstić information content (AvgIpc) is 3.51. The summed E-state index contributed by atoms with van der Waals surface area (Å²) in [7, 11) is 3.80. The van der Waals surface area contributed by atoms with Gasteiger partial charge in [0.25, 0.3) is 5.91 Å². The van der Waals surface area contributed by atoms with Gasteiger partial charge in [0.2, 0.25) is 11.8 Å². The Bertz CT molecular complexity index is 991. The molecule has 2 heterocycles. The van der Waals surface area contributed by atoms with Crippen LogP contribution < -0.4 is 5.32 Å². The monoisotopic (exact) mass is 502 g/mol. The molecule has 0 saturated carbocycles. The molecule has 1 N–H and O–H groups in total. The maximum absolute atomic E-state index is 13.6. The predicted octanol–water partition coefficient (Wildman–Crippen LogP) is 3.06. The molecule has 0 spiro atoms. The van der Waals surface area contributed by atoms with E-state index >= 15 is 0 Å². The summed E-state index contributed by atoms with van der Waals surface area (Å²) in [6.07, 6.45) is 2.82. The first kappa shape index (κ1) is 26.8. The van der Waals surface area contributed by atoms with Crippen molar-refractivity contribution in [1.82, 2.24) is 20.0 Å². The van der Waals surface area contributed by atoms with E-state index in [4.69, 9.17) is 16.0 Å². The minimum Gasteiger partial charge on any atom is -0.459 e. The number of carbonyl (C=O) groups excluding carboxylic acids is 3. The number of nitrogens with zero attached hydrogens (tertiary/aromatic N) is 3. The molecule has 1 aromatic carbocycles. The van der Waals surface area contributed by atoms with Crippen LogP contribution in [-0.4, -0.2) is 84.3 Å². The van der Waals surface area contributed by atoms with Crippen molar-refractivity contribution >= 4 is 29.3 Å². The first-order valence-corrected chi connectivity index (χ1v) is 12.4. The number of rotatable bonds is 10. The van der Waals surface area contributed by atoms with Crippen LogP contribution in [0.1, 0.15) is 42.8 Å². The Hall–Kier alpha value is -2.84. The number of hydrogen-bond donors (Lipinski definition) is 1. The number of furan rings is 1. The largest absolute Gasteiger partial charge is 0.459 e. The molecule has 1 aromatic heterocycles. The van der Waals surface area contributed by atoms with E-state index in [1.807, 2.05) is 45.0 Å². The number of halogens is 1. The molecule has 35 heavy (non-hydrogen) atoms. The average molecular weight is 503 g/mol. The van der Waals surface area contributed by atoms with Gasteiger partial charge >= 0.3 is 0 Å². The molecule has 1 aliphatic heterocycles. The molecule has 2 atom stereocenters. The molecule has 3 rings (SSSR count). The number of hydrogen-bond acceptors (Lipinski definition) is 5. The van der Waals surface area contributed by atoms with E-state index in [0.29, 0.717) is 43.9 Å². The summed E-state index contributed by atoms with van der Waals surface area (Å²) in [5, 5.41) is 3.55. The third-order valence-corrected chi connectivity index (χ3v) is 6.42. The van der Waals surface area contributed by atoms with Crippen LogP contribution in [0.25, 0.3) is 0 Å². The van der Waals surface area contributed by atoms with E-state index < -0.39 is 6.04 Å². The number of likely N-dealkylation sites (tertiary alicyclic amines) is 1.